The second kappa shape index (κ2) is 14.4. The van der Waals surface area contributed by atoms with Crippen molar-refractivity contribution < 1.29 is 0 Å². The lowest BCUT2D eigenvalue weighted by Crippen LogP contribution is -2.09. The van der Waals surface area contributed by atoms with Crippen LogP contribution in [0.4, 0.5) is 34.1 Å². The van der Waals surface area contributed by atoms with Crippen molar-refractivity contribution in [1.29, 1.82) is 0 Å². The lowest BCUT2D eigenvalue weighted by molar-refractivity contribution is 1.28. The van der Waals surface area contributed by atoms with E-state index in [0.29, 0.717) is 0 Å². The Kier molecular flexibility index (Phi) is 8.55. The standard InChI is InChI=1S/C54H38N2/c1-5-15-43(16-6-1)55(44-17-7-2-8-18-44)47-31-25-39(26-32-47)41-29-35-51-52-36-30-42(38-54(52)50-24-14-13-23-49(50)53(51)37-41)40-27-33-48(34-28-40)56(45-19-9-3-10-20-45)46-21-11-4-12-22-46/h1-38H. The van der Waals surface area contributed by atoms with E-state index in [-0.39, 0.29) is 0 Å². The van der Waals surface area contributed by atoms with Gasteiger partial charge in [-0.15, -0.1) is 0 Å². The molecule has 10 rings (SSSR count). The summed E-state index contributed by atoms with van der Waals surface area (Å²) in [4.78, 5) is 4.60. The van der Waals surface area contributed by atoms with E-state index in [0.717, 1.165) is 34.1 Å². The van der Waals surface area contributed by atoms with Crippen LogP contribution < -0.4 is 9.80 Å². The van der Waals surface area contributed by atoms with Crippen LogP contribution in [-0.4, -0.2) is 0 Å². The van der Waals surface area contributed by atoms with Crippen LogP contribution in [0, 0.1) is 0 Å². The van der Waals surface area contributed by atoms with Crippen LogP contribution in [-0.2, 0) is 0 Å². The molecule has 0 aliphatic rings. The second-order valence-corrected chi connectivity index (χ2v) is 14.2. The molecule has 264 valence electrons. The van der Waals surface area contributed by atoms with Gasteiger partial charge in [-0.25, -0.2) is 0 Å². The summed E-state index contributed by atoms with van der Waals surface area (Å²) >= 11 is 0. The maximum Gasteiger partial charge on any atom is 0.0462 e. The zero-order chi connectivity index (χ0) is 37.3. The molecule has 10 aromatic rings. The number of hydrogen-bond acceptors (Lipinski definition) is 2. The minimum Gasteiger partial charge on any atom is -0.311 e. The van der Waals surface area contributed by atoms with Gasteiger partial charge < -0.3 is 9.80 Å². The van der Waals surface area contributed by atoms with Gasteiger partial charge in [-0.3, -0.25) is 0 Å². The van der Waals surface area contributed by atoms with Gasteiger partial charge in [0.05, 0.1) is 0 Å². The van der Waals surface area contributed by atoms with Crippen molar-refractivity contribution >= 4 is 66.4 Å². The maximum atomic E-state index is 2.37. The molecule has 0 N–H and O–H groups in total. The smallest absolute Gasteiger partial charge is 0.0462 e. The Bertz CT molecular complexity index is 2620. The topological polar surface area (TPSA) is 6.48 Å². The van der Waals surface area contributed by atoms with Gasteiger partial charge in [-0.1, -0.05) is 146 Å². The lowest BCUT2D eigenvalue weighted by Gasteiger charge is -2.25. The molecule has 0 heterocycles. The van der Waals surface area contributed by atoms with Crippen molar-refractivity contribution in [2.45, 2.75) is 0 Å². The third-order valence-electron chi connectivity index (χ3n) is 10.8. The number of nitrogens with zero attached hydrogens (tertiary/aromatic N) is 2. The zero-order valence-electron chi connectivity index (χ0n) is 30.8. The fourth-order valence-electron chi connectivity index (χ4n) is 8.12. The van der Waals surface area contributed by atoms with Crippen LogP contribution in [0.5, 0.6) is 0 Å². The molecule has 2 heteroatoms. The quantitative estimate of drug-likeness (QED) is 0.145. The number of rotatable bonds is 8. The molecular formula is C54H38N2. The Morgan fingerprint density at radius 3 is 0.750 bits per heavy atom. The van der Waals surface area contributed by atoms with Crippen molar-refractivity contribution in [3.8, 4) is 22.3 Å². The third kappa shape index (κ3) is 6.14. The lowest BCUT2D eigenvalue weighted by atomic mass is 9.90. The van der Waals surface area contributed by atoms with Crippen LogP contribution in [0.1, 0.15) is 0 Å². The minimum absolute atomic E-state index is 1.12. The summed E-state index contributed by atoms with van der Waals surface area (Å²) in [5.41, 5.74) is 11.6. The number of anilines is 6. The number of benzene rings is 10. The van der Waals surface area contributed by atoms with Gasteiger partial charge in [-0.05, 0) is 140 Å². The van der Waals surface area contributed by atoms with E-state index in [1.807, 2.05) is 0 Å². The van der Waals surface area contributed by atoms with E-state index in [2.05, 4.69) is 240 Å². The average molecular weight is 715 g/mol. The summed E-state index contributed by atoms with van der Waals surface area (Å²) in [6.07, 6.45) is 0. The highest BCUT2D eigenvalue weighted by molar-refractivity contribution is 6.26. The van der Waals surface area contributed by atoms with Gasteiger partial charge in [-0.2, -0.15) is 0 Å². The average Bonchev–Trinajstić information content (AvgIpc) is 3.28. The predicted octanol–water partition coefficient (Wildman–Crippen LogP) is 15.4. The molecule has 0 saturated heterocycles. The Balaban J connectivity index is 1.01. The Morgan fingerprint density at radius 1 is 0.179 bits per heavy atom. The van der Waals surface area contributed by atoms with Gasteiger partial charge in [0.25, 0.3) is 0 Å². The molecule has 56 heavy (non-hydrogen) atoms. The van der Waals surface area contributed by atoms with Gasteiger partial charge in [0.1, 0.15) is 0 Å². The molecule has 0 unspecified atom stereocenters. The molecule has 0 radical (unpaired) electrons. The first-order chi connectivity index (χ1) is 27.8. The SMILES string of the molecule is c1ccc(N(c2ccccc2)c2ccc(-c3ccc4c5ccc(-c6ccc(N(c7ccccc7)c7ccccc7)cc6)cc5c5ccccc5c4c3)cc2)cc1. The fraction of sp³-hybridized carbons (Fsp3) is 0. The molecule has 0 amide bonds. The largest absolute Gasteiger partial charge is 0.311 e. The molecule has 0 aliphatic heterocycles. The van der Waals surface area contributed by atoms with E-state index in [4.69, 9.17) is 0 Å². The molecule has 0 aromatic heterocycles. The predicted molar refractivity (Wildman–Crippen MR) is 239 cm³/mol. The maximum absolute atomic E-state index is 2.37. The fourth-order valence-corrected chi connectivity index (χ4v) is 8.12. The van der Waals surface area contributed by atoms with Crippen LogP contribution in [0.25, 0.3) is 54.6 Å². The van der Waals surface area contributed by atoms with Crippen molar-refractivity contribution in [2.24, 2.45) is 0 Å². The highest BCUT2D eigenvalue weighted by Crippen LogP contribution is 2.41. The van der Waals surface area contributed by atoms with Crippen molar-refractivity contribution in [3.05, 3.63) is 231 Å². The molecule has 0 saturated carbocycles. The van der Waals surface area contributed by atoms with Crippen LogP contribution >= 0.6 is 0 Å². The number of para-hydroxylation sites is 4. The molecule has 0 aliphatic carbocycles. The summed E-state index contributed by atoms with van der Waals surface area (Å²) in [6.45, 7) is 0. The molecule has 0 atom stereocenters. The molecular weight excluding hydrogens is 677 g/mol. The summed E-state index contributed by atoms with van der Waals surface area (Å²) in [7, 11) is 0. The van der Waals surface area contributed by atoms with E-state index in [9.17, 15) is 0 Å². The Morgan fingerprint density at radius 2 is 0.429 bits per heavy atom. The van der Waals surface area contributed by atoms with Crippen LogP contribution in [0.3, 0.4) is 0 Å². The van der Waals surface area contributed by atoms with E-state index >= 15 is 0 Å². The van der Waals surface area contributed by atoms with Crippen molar-refractivity contribution in [1.82, 2.24) is 0 Å². The Hall–Kier alpha value is -7.42. The summed E-state index contributed by atoms with van der Waals surface area (Å²) in [5.74, 6) is 0. The molecule has 0 fully saturated rings. The van der Waals surface area contributed by atoms with Gasteiger partial charge in [0.15, 0.2) is 0 Å². The Labute approximate surface area is 327 Å². The van der Waals surface area contributed by atoms with Crippen LogP contribution in [0.2, 0.25) is 0 Å². The van der Waals surface area contributed by atoms with Crippen molar-refractivity contribution in [3.63, 3.8) is 0 Å². The van der Waals surface area contributed by atoms with Crippen LogP contribution in [0.15, 0.2) is 231 Å². The number of hydrogen-bond donors (Lipinski definition) is 0. The van der Waals surface area contributed by atoms with Crippen molar-refractivity contribution in [2.75, 3.05) is 9.80 Å². The summed E-state index contributed by atoms with van der Waals surface area (Å²) < 4.78 is 0. The van der Waals surface area contributed by atoms with E-state index in [1.165, 1.54) is 54.6 Å². The summed E-state index contributed by atoms with van der Waals surface area (Å²) in [6, 6.07) is 82.9. The first-order valence-electron chi connectivity index (χ1n) is 19.2. The van der Waals surface area contributed by atoms with E-state index in [1.54, 1.807) is 0 Å². The molecule has 10 aromatic carbocycles. The zero-order valence-corrected chi connectivity index (χ0v) is 30.8. The minimum atomic E-state index is 1.12. The highest BCUT2D eigenvalue weighted by atomic mass is 15.1. The van der Waals surface area contributed by atoms with Gasteiger partial charge in [0, 0.05) is 34.1 Å². The highest BCUT2D eigenvalue weighted by Gasteiger charge is 2.15. The van der Waals surface area contributed by atoms with Gasteiger partial charge >= 0.3 is 0 Å². The normalized spacial score (nSPS) is 11.2. The monoisotopic (exact) mass is 714 g/mol. The molecule has 0 spiro atoms. The second-order valence-electron chi connectivity index (χ2n) is 14.2. The number of fused-ring (bicyclic) bond motifs is 6. The first-order valence-corrected chi connectivity index (χ1v) is 19.2. The molecule has 2 nitrogen and oxygen atoms in total. The van der Waals surface area contributed by atoms with E-state index < -0.39 is 0 Å². The summed E-state index contributed by atoms with van der Waals surface area (Å²) in [5, 5.41) is 7.60. The molecule has 0 bridgehead atoms. The first kappa shape index (κ1) is 33.2. The van der Waals surface area contributed by atoms with Gasteiger partial charge in [0.2, 0.25) is 0 Å². The third-order valence-corrected chi connectivity index (χ3v) is 10.8.